The Bertz CT molecular complexity index is 803. The Hall–Kier alpha value is -2.02. The zero-order valence-electron chi connectivity index (χ0n) is 18.0. The van der Waals surface area contributed by atoms with Crippen LogP contribution in [-0.4, -0.2) is 38.8 Å². The first-order valence-corrected chi connectivity index (χ1v) is 11.2. The molecule has 0 radical (unpaired) electrons. The van der Waals surface area contributed by atoms with E-state index in [0.717, 1.165) is 18.6 Å². The van der Waals surface area contributed by atoms with Crippen LogP contribution in [0.4, 0.5) is 0 Å². The van der Waals surface area contributed by atoms with Gasteiger partial charge in [-0.1, -0.05) is 44.7 Å². The van der Waals surface area contributed by atoms with Crippen LogP contribution in [0.3, 0.4) is 0 Å². The summed E-state index contributed by atoms with van der Waals surface area (Å²) in [6, 6.07) is 8.63. The minimum atomic E-state index is 0.109. The van der Waals surface area contributed by atoms with E-state index in [1.807, 2.05) is 17.0 Å². The third-order valence-corrected chi connectivity index (χ3v) is 6.13. The average molecular weight is 418 g/mol. The number of carbonyl (C=O) groups excluding carboxylic acids is 1. The lowest BCUT2D eigenvalue weighted by molar-refractivity contribution is -0.134. The summed E-state index contributed by atoms with van der Waals surface area (Å²) in [5.41, 5.74) is 1.36. The monoisotopic (exact) mass is 417 g/mol. The van der Waals surface area contributed by atoms with E-state index in [1.165, 1.54) is 23.7 Å². The Balaban J connectivity index is 1.49. The number of piperidine rings is 1. The topological polar surface area (TPSA) is 68.5 Å². The van der Waals surface area contributed by atoms with Gasteiger partial charge in [-0.2, -0.15) is 0 Å². The number of hydrogen-bond acceptors (Lipinski definition) is 6. The fraction of sp³-hybridized carbons (Fsp3) is 0.591. The summed E-state index contributed by atoms with van der Waals surface area (Å²) >= 11 is 1.29. The molecule has 3 rings (SSSR count). The molecule has 1 amide bonds. The first-order valence-electron chi connectivity index (χ1n) is 10.2. The summed E-state index contributed by atoms with van der Waals surface area (Å²) in [7, 11) is 0. The number of thioether (sulfide) groups is 1. The Morgan fingerprint density at radius 3 is 2.45 bits per heavy atom. The predicted octanol–water partition coefficient (Wildman–Crippen LogP) is 4.83. The molecule has 1 saturated heterocycles. The van der Waals surface area contributed by atoms with Crippen molar-refractivity contribution in [1.82, 2.24) is 15.1 Å². The zero-order valence-corrected chi connectivity index (χ0v) is 18.8. The van der Waals surface area contributed by atoms with Crippen LogP contribution in [0, 0.1) is 0 Å². The highest BCUT2D eigenvalue weighted by atomic mass is 32.2. The lowest BCUT2D eigenvalue weighted by atomic mass is 9.87. The molecule has 29 heavy (non-hydrogen) atoms. The molecule has 6 nitrogen and oxygen atoms in total. The molecule has 1 aliphatic rings. The predicted molar refractivity (Wildman–Crippen MR) is 114 cm³/mol. The maximum absolute atomic E-state index is 12.6. The Morgan fingerprint density at radius 1 is 1.17 bits per heavy atom. The van der Waals surface area contributed by atoms with Crippen molar-refractivity contribution in [2.75, 3.05) is 5.75 Å². The van der Waals surface area contributed by atoms with Gasteiger partial charge < -0.3 is 14.1 Å². The van der Waals surface area contributed by atoms with Crippen molar-refractivity contribution in [1.29, 1.82) is 0 Å². The number of hydrogen-bond donors (Lipinski definition) is 0. The van der Waals surface area contributed by atoms with E-state index < -0.39 is 0 Å². The van der Waals surface area contributed by atoms with Crippen molar-refractivity contribution in [3.63, 3.8) is 0 Å². The lowest BCUT2D eigenvalue weighted by Gasteiger charge is -2.39. The van der Waals surface area contributed by atoms with E-state index >= 15 is 0 Å². The van der Waals surface area contributed by atoms with Gasteiger partial charge in [0.05, 0.1) is 5.75 Å². The van der Waals surface area contributed by atoms with Crippen LogP contribution in [0.5, 0.6) is 5.75 Å². The van der Waals surface area contributed by atoms with Crippen LogP contribution in [0.15, 0.2) is 33.9 Å². The van der Waals surface area contributed by atoms with E-state index in [-0.39, 0.29) is 17.9 Å². The lowest BCUT2D eigenvalue weighted by Crippen LogP contribution is -2.48. The molecule has 0 bridgehead atoms. The first kappa shape index (κ1) is 21.7. The molecule has 158 valence electrons. The van der Waals surface area contributed by atoms with Crippen molar-refractivity contribution in [2.45, 2.75) is 83.2 Å². The van der Waals surface area contributed by atoms with E-state index in [9.17, 15) is 4.79 Å². The van der Waals surface area contributed by atoms with E-state index in [4.69, 9.17) is 9.15 Å². The standard InChI is InChI=1S/C22H31N3O3S/c1-15-7-6-8-16(2)25(15)20(26)14-29-21-24-23-19(28-21)13-27-18-11-9-17(10-12-18)22(3,4)5/h9-12,15-16H,6-8,13-14H2,1-5H3/t15-,16-/m1/s1. The molecule has 1 fully saturated rings. The Kier molecular flexibility index (Phi) is 6.88. The average Bonchev–Trinajstić information content (AvgIpc) is 3.12. The molecule has 1 aromatic carbocycles. The zero-order chi connectivity index (χ0) is 21.0. The Labute approximate surface area is 177 Å². The molecule has 0 saturated carbocycles. The molecular weight excluding hydrogens is 386 g/mol. The van der Waals surface area contributed by atoms with Crippen molar-refractivity contribution >= 4 is 17.7 Å². The van der Waals surface area contributed by atoms with Gasteiger partial charge in [0.2, 0.25) is 5.91 Å². The van der Waals surface area contributed by atoms with Crippen molar-refractivity contribution in [2.24, 2.45) is 0 Å². The number of aromatic nitrogens is 2. The fourth-order valence-corrected chi connectivity index (χ4v) is 4.31. The molecule has 2 aromatic rings. The van der Waals surface area contributed by atoms with E-state index in [1.54, 1.807) is 0 Å². The maximum atomic E-state index is 12.6. The third kappa shape index (κ3) is 5.75. The van der Waals surface area contributed by atoms with Crippen molar-refractivity contribution in [3.8, 4) is 5.75 Å². The summed E-state index contributed by atoms with van der Waals surface area (Å²) in [4.78, 5) is 14.6. The molecule has 1 aliphatic heterocycles. The number of ether oxygens (including phenoxy) is 1. The molecule has 2 atom stereocenters. The highest BCUT2D eigenvalue weighted by Crippen LogP contribution is 2.26. The van der Waals surface area contributed by atoms with Crippen LogP contribution >= 0.6 is 11.8 Å². The Morgan fingerprint density at radius 2 is 1.83 bits per heavy atom. The highest BCUT2D eigenvalue weighted by Gasteiger charge is 2.29. The number of nitrogens with zero attached hydrogens (tertiary/aromatic N) is 3. The second kappa shape index (κ2) is 9.20. The molecule has 0 spiro atoms. The number of benzene rings is 1. The number of amides is 1. The second-order valence-corrected chi connectivity index (χ2v) is 9.67. The molecule has 2 heterocycles. The molecule has 0 unspecified atom stereocenters. The first-order chi connectivity index (χ1) is 13.7. The van der Waals surface area contributed by atoms with Crippen molar-refractivity contribution < 1.29 is 13.9 Å². The maximum Gasteiger partial charge on any atom is 0.277 e. The minimum Gasteiger partial charge on any atom is -0.484 e. The molecule has 0 aliphatic carbocycles. The highest BCUT2D eigenvalue weighted by molar-refractivity contribution is 7.99. The van der Waals surface area contributed by atoms with Crippen LogP contribution < -0.4 is 4.74 Å². The van der Waals surface area contributed by atoms with Crippen LogP contribution in [0.1, 0.15) is 65.3 Å². The van der Waals surface area contributed by atoms with Gasteiger partial charge in [-0.15, -0.1) is 10.2 Å². The summed E-state index contributed by atoms with van der Waals surface area (Å²) in [6.07, 6.45) is 3.32. The number of carbonyl (C=O) groups is 1. The number of rotatable bonds is 6. The van der Waals surface area contributed by atoms with Gasteiger partial charge in [-0.25, -0.2) is 0 Å². The van der Waals surface area contributed by atoms with E-state index in [0.29, 0.717) is 29.0 Å². The molecule has 1 aromatic heterocycles. The van der Waals surface area contributed by atoms with Gasteiger partial charge in [-0.05, 0) is 56.2 Å². The van der Waals surface area contributed by atoms with Gasteiger partial charge in [-0.3, -0.25) is 4.79 Å². The molecular formula is C22H31N3O3S. The molecule has 0 N–H and O–H groups in total. The van der Waals surface area contributed by atoms with E-state index in [2.05, 4.69) is 56.9 Å². The largest absolute Gasteiger partial charge is 0.484 e. The number of likely N-dealkylation sites (tertiary alicyclic amines) is 1. The van der Waals surface area contributed by atoms with Gasteiger partial charge in [0.15, 0.2) is 6.61 Å². The van der Waals surface area contributed by atoms with Crippen LogP contribution in [0.2, 0.25) is 0 Å². The van der Waals surface area contributed by atoms with Gasteiger partial charge in [0.25, 0.3) is 11.1 Å². The summed E-state index contributed by atoms with van der Waals surface area (Å²) < 4.78 is 11.4. The normalized spacial score (nSPS) is 20.0. The smallest absolute Gasteiger partial charge is 0.277 e. The van der Waals surface area contributed by atoms with Crippen molar-refractivity contribution in [3.05, 3.63) is 35.7 Å². The van der Waals surface area contributed by atoms with Gasteiger partial charge in [0, 0.05) is 12.1 Å². The van der Waals surface area contributed by atoms with Gasteiger partial charge in [0.1, 0.15) is 5.75 Å². The van der Waals surface area contributed by atoms with Crippen LogP contribution in [0.25, 0.3) is 0 Å². The van der Waals surface area contributed by atoms with Crippen LogP contribution in [-0.2, 0) is 16.8 Å². The van der Waals surface area contributed by atoms with Gasteiger partial charge >= 0.3 is 0 Å². The fourth-order valence-electron chi connectivity index (χ4n) is 3.66. The molecule has 7 heteroatoms. The summed E-state index contributed by atoms with van der Waals surface area (Å²) in [6.45, 7) is 11.0. The quantitative estimate of drug-likeness (QED) is 0.627. The SMILES string of the molecule is C[C@@H]1CCC[C@@H](C)N1C(=O)CSc1nnc(COc2ccc(C(C)(C)C)cc2)o1. The summed E-state index contributed by atoms with van der Waals surface area (Å²) in [5.74, 6) is 1.60. The second-order valence-electron chi connectivity index (χ2n) is 8.74. The summed E-state index contributed by atoms with van der Waals surface area (Å²) in [5, 5.41) is 8.45. The third-order valence-electron chi connectivity index (χ3n) is 5.33. The minimum absolute atomic E-state index is 0.109.